The number of hydrogen-bond acceptors (Lipinski definition) is 4. The maximum Gasteiger partial charge on any atom is 0.274 e. The van der Waals surface area contributed by atoms with E-state index < -0.39 is 0 Å². The number of nitrogens with zero attached hydrogens (tertiary/aromatic N) is 2. The quantitative estimate of drug-likeness (QED) is 0.838. The summed E-state index contributed by atoms with van der Waals surface area (Å²) in [5.41, 5.74) is 7.71. The normalized spacial score (nSPS) is 18.2. The highest BCUT2D eigenvalue weighted by atomic mass is 16.5. The fourth-order valence-corrected chi connectivity index (χ4v) is 2.74. The predicted molar refractivity (Wildman–Crippen MR) is 81.0 cm³/mol. The summed E-state index contributed by atoms with van der Waals surface area (Å²) in [5.74, 6) is 0.366. The van der Waals surface area contributed by atoms with E-state index in [9.17, 15) is 4.79 Å². The molecule has 112 valence electrons. The zero-order valence-corrected chi connectivity index (χ0v) is 12.1. The molecule has 1 saturated heterocycles. The number of rotatable bonds is 4. The summed E-state index contributed by atoms with van der Waals surface area (Å²) >= 11 is 0. The van der Waals surface area contributed by atoms with E-state index in [-0.39, 0.29) is 5.91 Å². The number of aromatic amines is 1. The molecule has 1 aromatic heterocycles. The first kappa shape index (κ1) is 13.9. The SMILES string of the molecule is CCN(CC1CCOC1)C(=O)c1n[nH]c2ccc(N)cc12. The van der Waals surface area contributed by atoms with Gasteiger partial charge in [-0.1, -0.05) is 0 Å². The molecule has 3 N–H and O–H groups in total. The molecule has 0 spiro atoms. The number of amides is 1. The van der Waals surface area contributed by atoms with Gasteiger partial charge in [0.2, 0.25) is 0 Å². The summed E-state index contributed by atoms with van der Waals surface area (Å²) < 4.78 is 5.38. The van der Waals surface area contributed by atoms with Gasteiger partial charge in [0, 0.05) is 36.7 Å². The molecule has 1 fully saturated rings. The fraction of sp³-hybridized carbons (Fsp3) is 0.467. The number of carbonyl (C=O) groups excluding carboxylic acids is 1. The van der Waals surface area contributed by atoms with Crippen LogP contribution in [-0.2, 0) is 4.74 Å². The number of H-pyrrole nitrogens is 1. The van der Waals surface area contributed by atoms with Crippen molar-refractivity contribution in [2.24, 2.45) is 5.92 Å². The van der Waals surface area contributed by atoms with Crippen LogP contribution in [0, 0.1) is 5.92 Å². The number of nitrogens with two attached hydrogens (primary N) is 1. The second kappa shape index (κ2) is 5.73. The lowest BCUT2D eigenvalue weighted by atomic mass is 10.1. The topological polar surface area (TPSA) is 84.2 Å². The van der Waals surface area contributed by atoms with Crippen LogP contribution in [0.5, 0.6) is 0 Å². The van der Waals surface area contributed by atoms with Crippen molar-refractivity contribution in [1.82, 2.24) is 15.1 Å². The number of benzene rings is 1. The number of carbonyl (C=O) groups is 1. The number of aromatic nitrogens is 2. The highest BCUT2D eigenvalue weighted by Crippen LogP contribution is 2.21. The van der Waals surface area contributed by atoms with Gasteiger partial charge in [-0.05, 0) is 31.5 Å². The predicted octanol–water partition coefficient (Wildman–Crippen LogP) is 1.64. The first-order valence-corrected chi connectivity index (χ1v) is 7.29. The number of fused-ring (bicyclic) bond motifs is 1. The largest absolute Gasteiger partial charge is 0.399 e. The van der Waals surface area contributed by atoms with Crippen molar-refractivity contribution in [3.63, 3.8) is 0 Å². The Labute approximate surface area is 123 Å². The lowest BCUT2D eigenvalue weighted by Crippen LogP contribution is -2.35. The lowest BCUT2D eigenvalue weighted by Gasteiger charge is -2.23. The van der Waals surface area contributed by atoms with Gasteiger partial charge in [-0.3, -0.25) is 9.89 Å². The van der Waals surface area contributed by atoms with Crippen molar-refractivity contribution in [3.05, 3.63) is 23.9 Å². The first-order chi connectivity index (χ1) is 10.2. The maximum atomic E-state index is 12.7. The second-order valence-electron chi connectivity index (χ2n) is 5.45. The van der Waals surface area contributed by atoms with E-state index >= 15 is 0 Å². The molecular weight excluding hydrogens is 268 g/mol. The van der Waals surface area contributed by atoms with Gasteiger partial charge in [0.05, 0.1) is 12.1 Å². The van der Waals surface area contributed by atoms with E-state index in [0.29, 0.717) is 30.4 Å². The van der Waals surface area contributed by atoms with Crippen molar-refractivity contribution in [1.29, 1.82) is 0 Å². The van der Waals surface area contributed by atoms with Crippen molar-refractivity contribution < 1.29 is 9.53 Å². The van der Waals surface area contributed by atoms with E-state index in [1.807, 2.05) is 17.9 Å². The Bertz CT molecular complexity index is 646. The van der Waals surface area contributed by atoms with Crippen LogP contribution >= 0.6 is 0 Å². The molecule has 2 aromatic rings. The minimum absolute atomic E-state index is 0.0544. The van der Waals surface area contributed by atoms with Crippen LogP contribution in [0.4, 0.5) is 5.69 Å². The van der Waals surface area contributed by atoms with Gasteiger partial charge in [-0.25, -0.2) is 0 Å². The highest BCUT2D eigenvalue weighted by molar-refractivity contribution is 6.05. The summed E-state index contributed by atoms with van der Waals surface area (Å²) in [7, 11) is 0. The van der Waals surface area contributed by atoms with Gasteiger partial charge >= 0.3 is 0 Å². The van der Waals surface area contributed by atoms with Gasteiger partial charge in [-0.15, -0.1) is 0 Å². The molecule has 1 aromatic carbocycles. The Hall–Kier alpha value is -2.08. The van der Waals surface area contributed by atoms with Crippen molar-refractivity contribution in [3.8, 4) is 0 Å². The molecule has 3 rings (SSSR count). The van der Waals surface area contributed by atoms with E-state index in [0.717, 1.165) is 30.5 Å². The van der Waals surface area contributed by atoms with Crippen LogP contribution in [0.2, 0.25) is 0 Å². The van der Waals surface area contributed by atoms with E-state index in [1.165, 1.54) is 0 Å². The molecule has 0 bridgehead atoms. The van der Waals surface area contributed by atoms with Crippen LogP contribution in [0.1, 0.15) is 23.8 Å². The molecular formula is C15H20N4O2. The number of nitrogens with one attached hydrogen (secondary N) is 1. The Balaban J connectivity index is 1.85. The minimum atomic E-state index is -0.0544. The number of hydrogen-bond donors (Lipinski definition) is 2. The molecule has 0 saturated carbocycles. The zero-order chi connectivity index (χ0) is 14.8. The molecule has 6 heteroatoms. The molecule has 21 heavy (non-hydrogen) atoms. The third-order valence-electron chi connectivity index (χ3n) is 3.96. The Kier molecular flexibility index (Phi) is 3.79. The molecule has 1 aliphatic heterocycles. The summed E-state index contributed by atoms with van der Waals surface area (Å²) in [6, 6.07) is 5.43. The van der Waals surface area contributed by atoms with E-state index in [2.05, 4.69) is 10.2 Å². The average Bonchev–Trinajstić information content (AvgIpc) is 3.13. The smallest absolute Gasteiger partial charge is 0.274 e. The Morgan fingerprint density at radius 2 is 2.43 bits per heavy atom. The fourth-order valence-electron chi connectivity index (χ4n) is 2.74. The zero-order valence-electron chi connectivity index (χ0n) is 12.1. The van der Waals surface area contributed by atoms with Crippen LogP contribution in [0.25, 0.3) is 10.9 Å². The first-order valence-electron chi connectivity index (χ1n) is 7.29. The van der Waals surface area contributed by atoms with Crippen LogP contribution < -0.4 is 5.73 Å². The van der Waals surface area contributed by atoms with Crippen LogP contribution in [0.3, 0.4) is 0 Å². The molecule has 0 radical (unpaired) electrons. The van der Waals surface area contributed by atoms with Crippen LogP contribution in [0.15, 0.2) is 18.2 Å². The lowest BCUT2D eigenvalue weighted by molar-refractivity contribution is 0.0727. The summed E-state index contributed by atoms with van der Waals surface area (Å²) in [5, 5.41) is 7.85. The van der Waals surface area contributed by atoms with E-state index in [1.54, 1.807) is 12.1 Å². The maximum absolute atomic E-state index is 12.7. The number of nitrogen functional groups attached to an aromatic ring is 1. The van der Waals surface area contributed by atoms with Gasteiger partial charge in [-0.2, -0.15) is 5.10 Å². The Morgan fingerprint density at radius 3 is 3.14 bits per heavy atom. The standard InChI is InChI=1S/C15H20N4O2/c1-2-19(8-10-5-6-21-9-10)15(20)14-12-7-11(16)3-4-13(12)17-18-14/h3-4,7,10H,2,5-6,8-9,16H2,1H3,(H,17,18). The van der Waals surface area contributed by atoms with Gasteiger partial charge in [0.25, 0.3) is 5.91 Å². The van der Waals surface area contributed by atoms with Crippen LogP contribution in [-0.4, -0.2) is 47.3 Å². The third-order valence-corrected chi connectivity index (χ3v) is 3.96. The molecule has 1 aliphatic rings. The monoisotopic (exact) mass is 288 g/mol. The molecule has 1 unspecified atom stereocenters. The van der Waals surface area contributed by atoms with Gasteiger partial charge in [0.1, 0.15) is 0 Å². The summed E-state index contributed by atoms with van der Waals surface area (Å²) in [6.45, 7) is 4.88. The third kappa shape index (κ3) is 2.71. The summed E-state index contributed by atoms with van der Waals surface area (Å²) in [4.78, 5) is 14.5. The minimum Gasteiger partial charge on any atom is -0.399 e. The van der Waals surface area contributed by atoms with Crippen molar-refractivity contribution in [2.45, 2.75) is 13.3 Å². The van der Waals surface area contributed by atoms with Gasteiger partial charge in [0.15, 0.2) is 5.69 Å². The highest BCUT2D eigenvalue weighted by Gasteiger charge is 2.24. The second-order valence-corrected chi connectivity index (χ2v) is 5.45. The van der Waals surface area contributed by atoms with Crippen molar-refractivity contribution in [2.75, 3.05) is 32.0 Å². The molecule has 6 nitrogen and oxygen atoms in total. The molecule has 1 amide bonds. The van der Waals surface area contributed by atoms with Gasteiger partial charge < -0.3 is 15.4 Å². The van der Waals surface area contributed by atoms with E-state index in [4.69, 9.17) is 10.5 Å². The molecule has 1 atom stereocenters. The molecule has 0 aliphatic carbocycles. The Morgan fingerprint density at radius 1 is 1.57 bits per heavy atom. The molecule has 2 heterocycles. The van der Waals surface area contributed by atoms with Crippen molar-refractivity contribution >= 4 is 22.5 Å². The number of anilines is 1. The summed E-state index contributed by atoms with van der Waals surface area (Å²) in [6.07, 6.45) is 1.01. The average molecular weight is 288 g/mol. The number of ether oxygens (including phenoxy) is 1.